The van der Waals surface area contributed by atoms with Gasteiger partial charge in [-0.2, -0.15) is 5.10 Å². The number of H-pyrrole nitrogens is 1. The summed E-state index contributed by atoms with van der Waals surface area (Å²) in [4.78, 5) is 23.3. The van der Waals surface area contributed by atoms with Gasteiger partial charge in [-0.05, 0) is 17.7 Å². The van der Waals surface area contributed by atoms with Crippen molar-refractivity contribution in [2.24, 2.45) is 5.10 Å². The van der Waals surface area contributed by atoms with Crippen molar-refractivity contribution in [3.8, 4) is 0 Å². The second-order valence-electron chi connectivity index (χ2n) is 4.81. The zero-order valence-corrected chi connectivity index (χ0v) is 12.3. The minimum Gasteiger partial charge on any atom is -0.348 e. The molecule has 0 aliphatic heterocycles. The summed E-state index contributed by atoms with van der Waals surface area (Å²) in [6, 6.07) is 13.0. The average molecular weight is 305 g/mol. The molecule has 0 aliphatic rings. The van der Waals surface area contributed by atoms with E-state index in [4.69, 9.17) is 0 Å². The number of imidazole rings is 1. The van der Waals surface area contributed by atoms with Gasteiger partial charge in [-0.15, -0.1) is 0 Å². The van der Waals surface area contributed by atoms with E-state index in [0.29, 0.717) is 12.0 Å². The number of hydrogen-bond donors (Lipinski definition) is 2. The molecule has 2 N–H and O–H groups in total. The summed E-state index contributed by atoms with van der Waals surface area (Å²) in [5, 5.41) is 4.28. The lowest BCUT2D eigenvalue weighted by atomic mass is 10.1. The molecular formula is C17H15N5O. The molecule has 0 saturated carbocycles. The number of nitrogens with zero attached hydrogens (tertiary/aromatic N) is 3. The number of benzene rings is 1. The van der Waals surface area contributed by atoms with Crippen molar-refractivity contribution < 1.29 is 4.79 Å². The number of aromatic nitrogens is 3. The van der Waals surface area contributed by atoms with Crippen LogP contribution in [0.4, 0.5) is 0 Å². The Kier molecular flexibility index (Phi) is 4.54. The van der Waals surface area contributed by atoms with Gasteiger partial charge in [-0.1, -0.05) is 30.3 Å². The molecule has 114 valence electrons. The van der Waals surface area contributed by atoms with E-state index < -0.39 is 0 Å². The molecule has 23 heavy (non-hydrogen) atoms. The van der Waals surface area contributed by atoms with Crippen molar-refractivity contribution in [1.82, 2.24) is 20.4 Å². The fourth-order valence-corrected chi connectivity index (χ4v) is 2.08. The van der Waals surface area contributed by atoms with Crippen LogP contribution < -0.4 is 5.43 Å². The highest BCUT2D eigenvalue weighted by molar-refractivity contribution is 6.03. The SMILES string of the molecule is O=C(N/N=C(/Cc1ncc[nH]1)c1ccccc1)c1ccncc1. The lowest BCUT2D eigenvalue weighted by Gasteiger charge is -2.06. The molecule has 0 aliphatic carbocycles. The molecular weight excluding hydrogens is 290 g/mol. The number of hydrogen-bond acceptors (Lipinski definition) is 4. The van der Waals surface area contributed by atoms with E-state index in [1.165, 1.54) is 0 Å². The van der Waals surface area contributed by atoms with Gasteiger partial charge in [0.05, 0.1) is 12.1 Å². The fraction of sp³-hybridized carbons (Fsp3) is 0.0588. The molecule has 0 radical (unpaired) electrons. The van der Waals surface area contributed by atoms with Crippen molar-refractivity contribution in [3.05, 3.63) is 84.2 Å². The van der Waals surface area contributed by atoms with Gasteiger partial charge in [0.2, 0.25) is 0 Å². The first-order chi connectivity index (χ1) is 11.3. The number of rotatable bonds is 5. The number of carbonyl (C=O) groups is 1. The van der Waals surface area contributed by atoms with Crippen LogP contribution >= 0.6 is 0 Å². The van der Waals surface area contributed by atoms with E-state index in [9.17, 15) is 4.79 Å². The maximum absolute atomic E-state index is 12.1. The Balaban J connectivity index is 1.81. The number of amides is 1. The van der Waals surface area contributed by atoms with Gasteiger partial charge < -0.3 is 4.98 Å². The lowest BCUT2D eigenvalue weighted by Crippen LogP contribution is -2.21. The number of pyridine rings is 1. The first-order valence-electron chi connectivity index (χ1n) is 7.13. The van der Waals surface area contributed by atoms with Gasteiger partial charge in [-0.3, -0.25) is 9.78 Å². The molecule has 3 aromatic rings. The molecule has 0 atom stereocenters. The minimum absolute atomic E-state index is 0.278. The first kappa shape index (κ1) is 14.6. The quantitative estimate of drug-likeness (QED) is 0.560. The highest BCUT2D eigenvalue weighted by Gasteiger charge is 2.09. The van der Waals surface area contributed by atoms with Crippen molar-refractivity contribution >= 4 is 11.6 Å². The second-order valence-corrected chi connectivity index (χ2v) is 4.81. The number of aromatic amines is 1. The third kappa shape index (κ3) is 3.88. The van der Waals surface area contributed by atoms with Crippen molar-refractivity contribution in [1.29, 1.82) is 0 Å². The Morgan fingerprint density at radius 1 is 1.04 bits per heavy atom. The van der Waals surface area contributed by atoms with E-state index in [-0.39, 0.29) is 5.91 Å². The maximum Gasteiger partial charge on any atom is 0.271 e. The molecule has 6 nitrogen and oxygen atoms in total. The predicted molar refractivity (Wildman–Crippen MR) is 87.0 cm³/mol. The largest absolute Gasteiger partial charge is 0.348 e. The second kappa shape index (κ2) is 7.13. The van der Waals surface area contributed by atoms with E-state index >= 15 is 0 Å². The van der Waals surface area contributed by atoms with Crippen LogP contribution in [0.15, 0.2) is 72.4 Å². The van der Waals surface area contributed by atoms with Gasteiger partial charge in [0, 0.05) is 30.4 Å². The fourth-order valence-electron chi connectivity index (χ4n) is 2.08. The molecule has 1 amide bonds. The van der Waals surface area contributed by atoms with Crippen LogP contribution in [0.5, 0.6) is 0 Å². The number of carbonyl (C=O) groups excluding carboxylic acids is 1. The first-order valence-corrected chi connectivity index (χ1v) is 7.13. The Morgan fingerprint density at radius 3 is 2.52 bits per heavy atom. The molecule has 1 aromatic carbocycles. The minimum atomic E-state index is -0.278. The Hall–Kier alpha value is -3.28. The standard InChI is InChI=1S/C17H15N5O/c23-17(14-6-8-18-9-7-14)22-21-15(12-16-19-10-11-20-16)13-4-2-1-3-5-13/h1-11H,12H2,(H,19,20)(H,22,23)/b21-15-. The average Bonchev–Trinajstić information content (AvgIpc) is 3.13. The van der Waals surface area contributed by atoms with Crippen LogP contribution in [0.1, 0.15) is 21.7 Å². The molecule has 2 heterocycles. The molecule has 0 fully saturated rings. The van der Waals surface area contributed by atoms with E-state index in [1.807, 2.05) is 30.3 Å². The zero-order chi connectivity index (χ0) is 15.9. The van der Waals surface area contributed by atoms with Crippen LogP contribution in [0.2, 0.25) is 0 Å². The zero-order valence-electron chi connectivity index (χ0n) is 12.3. The summed E-state index contributed by atoms with van der Waals surface area (Å²) in [6.45, 7) is 0. The summed E-state index contributed by atoms with van der Waals surface area (Å²) >= 11 is 0. The molecule has 6 heteroatoms. The molecule has 0 unspecified atom stereocenters. The van der Waals surface area contributed by atoms with E-state index in [1.54, 1.807) is 36.9 Å². The van der Waals surface area contributed by atoms with Crippen LogP contribution in [0.25, 0.3) is 0 Å². The Labute approximate surface area is 133 Å². The topological polar surface area (TPSA) is 83.0 Å². The normalized spacial score (nSPS) is 11.2. The molecule has 3 rings (SSSR count). The highest BCUT2D eigenvalue weighted by atomic mass is 16.2. The predicted octanol–water partition coefficient (Wildman–Crippen LogP) is 2.18. The highest BCUT2D eigenvalue weighted by Crippen LogP contribution is 2.06. The smallest absolute Gasteiger partial charge is 0.271 e. The van der Waals surface area contributed by atoms with Crippen molar-refractivity contribution in [2.45, 2.75) is 6.42 Å². The third-order valence-electron chi connectivity index (χ3n) is 3.23. The molecule has 2 aromatic heterocycles. The monoisotopic (exact) mass is 305 g/mol. The summed E-state index contributed by atoms with van der Waals surface area (Å²) in [5.74, 6) is 0.506. The summed E-state index contributed by atoms with van der Waals surface area (Å²) in [6.07, 6.45) is 7.08. The van der Waals surface area contributed by atoms with Gasteiger partial charge in [-0.25, -0.2) is 10.4 Å². The molecule has 0 bridgehead atoms. The van der Waals surface area contributed by atoms with Gasteiger partial charge in [0.25, 0.3) is 5.91 Å². The van der Waals surface area contributed by atoms with E-state index in [2.05, 4.69) is 25.5 Å². The Bertz CT molecular complexity index is 782. The third-order valence-corrected chi connectivity index (χ3v) is 3.23. The summed E-state index contributed by atoms with van der Waals surface area (Å²) in [7, 11) is 0. The number of nitrogens with one attached hydrogen (secondary N) is 2. The van der Waals surface area contributed by atoms with Crippen LogP contribution in [0.3, 0.4) is 0 Å². The van der Waals surface area contributed by atoms with E-state index in [0.717, 1.165) is 17.1 Å². The lowest BCUT2D eigenvalue weighted by molar-refractivity contribution is 0.0954. The van der Waals surface area contributed by atoms with Gasteiger partial charge in [0.1, 0.15) is 5.82 Å². The van der Waals surface area contributed by atoms with Crippen LogP contribution in [-0.4, -0.2) is 26.6 Å². The van der Waals surface area contributed by atoms with Crippen LogP contribution in [0, 0.1) is 0 Å². The maximum atomic E-state index is 12.1. The number of hydrazone groups is 1. The van der Waals surface area contributed by atoms with Crippen LogP contribution in [-0.2, 0) is 6.42 Å². The molecule has 0 saturated heterocycles. The van der Waals surface area contributed by atoms with Crippen molar-refractivity contribution in [3.63, 3.8) is 0 Å². The molecule has 0 spiro atoms. The summed E-state index contributed by atoms with van der Waals surface area (Å²) in [5.41, 5.74) is 4.75. The van der Waals surface area contributed by atoms with Crippen molar-refractivity contribution in [2.75, 3.05) is 0 Å². The summed E-state index contributed by atoms with van der Waals surface area (Å²) < 4.78 is 0. The Morgan fingerprint density at radius 2 is 1.83 bits per heavy atom. The van der Waals surface area contributed by atoms with Gasteiger partial charge in [0.15, 0.2) is 0 Å². The van der Waals surface area contributed by atoms with Gasteiger partial charge >= 0.3 is 0 Å².